The van der Waals surface area contributed by atoms with E-state index in [0.717, 1.165) is 83.5 Å². The second kappa shape index (κ2) is 43.9. The van der Waals surface area contributed by atoms with Gasteiger partial charge in [0.1, 0.15) is 12.1 Å². The fourth-order valence-corrected chi connectivity index (χ4v) is 7.22. The van der Waals surface area contributed by atoms with E-state index < -0.39 is 24.5 Å². The molecule has 0 aliphatic rings. The number of unbranched alkanes of at least 4 members (excludes halogenated alkanes) is 26. The van der Waals surface area contributed by atoms with Crippen LogP contribution in [-0.4, -0.2) is 59.3 Å². The molecule has 0 aromatic heterocycles. The van der Waals surface area contributed by atoms with E-state index in [1.165, 1.54) is 122 Å². The van der Waals surface area contributed by atoms with Gasteiger partial charge in [-0.3, -0.25) is 14.4 Å². The van der Waals surface area contributed by atoms with Crippen molar-refractivity contribution in [2.45, 2.75) is 251 Å². The van der Waals surface area contributed by atoms with E-state index in [2.05, 4.69) is 48.8 Å². The number of amides is 2. The minimum Gasteiger partial charge on any atom is -0.480 e. The largest absolute Gasteiger partial charge is 0.480 e. The first-order chi connectivity index (χ1) is 28.3. The van der Waals surface area contributed by atoms with E-state index in [0.29, 0.717) is 19.3 Å². The topological polar surface area (TPSA) is 142 Å². The summed E-state index contributed by atoms with van der Waals surface area (Å²) in [7, 11) is 0. The van der Waals surface area contributed by atoms with Crippen molar-refractivity contribution >= 4 is 23.8 Å². The highest BCUT2D eigenvalue weighted by molar-refractivity contribution is 5.87. The number of ether oxygens (including phenoxy) is 1. The van der Waals surface area contributed by atoms with Gasteiger partial charge in [-0.15, -0.1) is 0 Å². The van der Waals surface area contributed by atoms with Gasteiger partial charge in [-0.2, -0.15) is 0 Å². The number of carboxylic acids is 1. The van der Waals surface area contributed by atoms with Crippen LogP contribution in [0.3, 0.4) is 0 Å². The van der Waals surface area contributed by atoms with Gasteiger partial charge < -0.3 is 25.6 Å². The van der Waals surface area contributed by atoms with Crippen molar-refractivity contribution in [3.8, 4) is 0 Å². The Morgan fingerprint density at radius 3 is 1.40 bits per heavy atom. The highest BCUT2D eigenvalue weighted by Gasteiger charge is 2.19. The Balaban J connectivity index is 4.35. The first kappa shape index (κ1) is 55.3. The van der Waals surface area contributed by atoms with Crippen molar-refractivity contribution in [1.29, 1.82) is 0 Å². The lowest BCUT2D eigenvalue weighted by Crippen LogP contribution is -2.47. The third kappa shape index (κ3) is 40.1. The number of aliphatic hydroxyl groups is 1. The zero-order valence-corrected chi connectivity index (χ0v) is 37.6. The summed E-state index contributed by atoms with van der Waals surface area (Å²) in [5, 5.41) is 22.6. The molecule has 0 fully saturated rings. The smallest absolute Gasteiger partial charge is 0.328 e. The molecule has 0 saturated heterocycles. The maximum absolute atomic E-state index is 12.8. The van der Waals surface area contributed by atoms with Gasteiger partial charge in [-0.05, 0) is 70.6 Å². The van der Waals surface area contributed by atoms with Crippen LogP contribution in [0.2, 0.25) is 0 Å². The van der Waals surface area contributed by atoms with Gasteiger partial charge in [-0.25, -0.2) is 4.79 Å². The lowest BCUT2D eigenvalue weighted by atomic mass is 10.0. The van der Waals surface area contributed by atoms with Gasteiger partial charge in [-0.1, -0.05) is 179 Å². The Kier molecular flexibility index (Phi) is 41.9. The highest BCUT2D eigenvalue weighted by atomic mass is 16.5. The number of carboxylic acid groups (broad SMARTS) is 1. The summed E-state index contributed by atoms with van der Waals surface area (Å²) in [6.45, 7) is 3.49. The molecular weight excluding hydrogens is 729 g/mol. The number of esters is 1. The number of aliphatic hydroxyl groups excluding tert-OH is 1. The van der Waals surface area contributed by atoms with Gasteiger partial charge in [0, 0.05) is 12.8 Å². The molecule has 0 bridgehead atoms. The predicted octanol–water partition coefficient (Wildman–Crippen LogP) is 12.4. The standard InChI is InChI=1S/C49H90N2O7/c1-3-5-7-9-11-13-15-17-19-21-23-25-27-30-34-38-44(39-35-31-29-32-36-40-46(53)50-42-47(54)51-45(43-52)49(56)57)58-48(55)41-37-33-28-26-24-22-20-18-16-14-12-10-8-6-4-2/h15,17,21,23,44-45,52H,3-14,16,18-20,22,24-43H2,1-2H3,(H,50,53)(H,51,54)(H,56,57)/b17-15-,23-21-. The minimum absolute atomic E-state index is 0.0324. The van der Waals surface area contributed by atoms with Gasteiger partial charge >= 0.3 is 11.9 Å². The van der Waals surface area contributed by atoms with Crippen LogP contribution >= 0.6 is 0 Å². The molecule has 0 aromatic rings. The molecule has 0 heterocycles. The predicted molar refractivity (Wildman–Crippen MR) is 241 cm³/mol. The molecule has 0 aromatic carbocycles. The van der Waals surface area contributed by atoms with Crippen LogP contribution in [0.5, 0.6) is 0 Å². The molecule has 338 valence electrons. The zero-order chi connectivity index (χ0) is 42.6. The first-order valence-electron chi connectivity index (χ1n) is 24.2. The average molecular weight is 819 g/mol. The van der Waals surface area contributed by atoms with Gasteiger partial charge in [0.05, 0.1) is 13.2 Å². The summed E-state index contributed by atoms with van der Waals surface area (Å²) in [6, 6.07) is -1.38. The van der Waals surface area contributed by atoms with Crippen LogP contribution in [0.15, 0.2) is 24.3 Å². The third-order valence-corrected chi connectivity index (χ3v) is 11.0. The fourth-order valence-electron chi connectivity index (χ4n) is 7.22. The Morgan fingerprint density at radius 2 is 0.931 bits per heavy atom. The van der Waals surface area contributed by atoms with Crippen LogP contribution in [-0.2, 0) is 23.9 Å². The summed E-state index contributed by atoms with van der Waals surface area (Å²) < 4.78 is 6.05. The Hall–Kier alpha value is -2.68. The molecule has 0 rings (SSSR count). The number of hydrogen-bond acceptors (Lipinski definition) is 6. The van der Waals surface area contributed by atoms with Crippen molar-refractivity contribution in [2.75, 3.05) is 13.2 Å². The Bertz CT molecular complexity index is 1030. The van der Waals surface area contributed by atoms with E-state index in [-0.39, 0.29) is 24.5 Å². The number of carbonyl (C=O) groups is 4. The number of allylic oxidation sites excluding steroid dienone is 4. The number of rotatable bonds is 44. The number of nitrogens with one attached hydrogen (secondary N) is 2. The lowest BCUT2D eigenvalue weighted by Gasteiger charge is -2.18. The number of aliphatic carboxylic acids is 1. The summed E-state index contributed by atoms with van der Waals surface area (Å²) in [5.41, 5.74) is 0. The molecule has 2 amide bonds. The second-order valence-corrected chi connectivity index (χ2v) is 16.6. The molecule has 2 unspecified atom stereocenters. The van der Waals surface area contributed by atoms with Crippen molar-refractivity contribution in [2.24, 2.45) is 0 Å². The average Bonchev–Trinajstić information content (AvgIpc) is 3.21. The van der Waals surface area contributed by atoms with E-state index >= 15 is 0 Å². The normalized spacial score (nSPS) is 12.6. The summed E-state index contributed by atoms with van der Waals surface area (Å²) >= 11 is 0. The maximum Gasteiger partial charge on any atom is 0.328 e. The molecule has 0 radical (unpaired) electrons. The van der Waals surface area contributed by atoms with Crippen LogP contribution in [0, 0.1) is 0 Å². The molecule has 0 spiro atoms. The first-order valence-corrected chi connectivity index (χ1v) is 24.2. The monoisotopic (exact) mass is 819 g/mol. The summed E-state index contributed by atoms with van der Waals surface area (Å²) in [5.74, 6) is -2.30. The molecule has 4 N–H and O–H groups in total. The Morgan fingerprint density at radius 1 is 0.517 bits per heavy atom. The SMILES string of the molecule is CCCCCCC/C=C\C/C=C\CCCCCC(CCCCCCCC(=O)NCC(=O)NC(CO)C(=O)O)OC(=O)CCCCCCCCCCCCCCCCC. The van der Waals surface area contributed by atoms with Crippen LogP contribution in [0.4, 0.5) is 0 Å². The van der Waals surface area contributed by atoms with Crippen LogP contribution < -0.4 is 10.6 Å². The molecule has 0 saturated carbocycles. The van der Waals surface area contributed by atoms with Crippen LogP contribution in [0.1, 0.15) is 239 Å². The van der Waals surface area contributed by atoms with E-state index in [4.69, 9.17) is 14.9 Å². The van der Waals surface area contributed by atoms with Crippen molar-refractivity contribution < 1.29 is 34.1 Å². The van der Waals surface area contributed by atoms with E-state index in [9.17, 15) is 19.2 Å². The Labute approximate surface area is 355 Å². The second-order valence-electron chi connectivity index (χ2n) is 16.6. The van der Waals surface area contributed by atoms with Crippen molar-refractivity contribution in [3.05, 3.63) is 24.3 Å². The fraction of sp³-hybridized carbons (Fsp3) is 0.837. The minimum atomic E-state index is -1.38. The molecule has 58 heavy (non-hydrogen) atoms. The van der Waals surface area contributed by atoms with E-state index in [1.54, 1.807) is 0 Å². The van der Waals surface area contributed by atoms with Gasteiger partial charge in [0.25, 0.3) is 0 Å². The van der Waals surface area contributed by atoms with Gasteiger partial charge in [0.15, 0.2) is 0 Å². The highest BCUT2D eigenvalue weighted by Crippen LogP contribution is 2.19. The number of carbonyl (C=O) groups excluding carboxylic acids is 3. The summed E-state index contributed by atoms with van der Waals surface area (Å²) in [4.78, 5) is 47.7. The summed E-state index contributed by atoms with van der Waals surface area (Å²) in [6.07, 6.45) is 49.2. The maximum atomic E-state index is 12.8. The van der Waals surface area contributed by atoms with Crippen LogP contribution in [0.25, 0.3) is 0 Å². The zero-order valence-electron chi connectivity index (χ0n) is 37.6. The van der Waals surface area contributed by atoms with Crippen molar-refractivity contribution in [1.82, 2.24) is 10.6 Å². The molecule has 9 heteroatoms. The molecule has 2 atom stereocenters. The molecule has 0 aliphatic heterocycles. The number of hydrogen-bond donors (Lipinski definition) is 4. The molecular formula is C49H90N2O7. The molecule has 0 aliphatic carbocycles. The quantitative estimate of drug-likeness (QED) is 0.0272. The van der Waals surface area contributed by atoms with Crippen molar-refractivity contribution in [3.63, 3.8) is 0 Å². The molecule has 9 nitrogen and oxygen atoms in total. The van der Waals surface area contributed by atoms with E-state index in [1.807, 2.05) is 0 Å². The van der Waals surface area contributed by atoms with Gasteiger partial charge in [0.2, 0.25) is 11.8 Å². The third-order valence-electron chi connectivity index (χ3n) is 11.0. The lowest BCUT2D eigenvalue weighted by molar-refractivity contribution is -0.150.